The molecule has 120 valence electrons. The van der Waals surface area contributed by atoms with Gasteiger partial charge in [-0.1, -0.05) is 22.0 Å². The monoisotopic (exact) mass is 364 g/mol. The van der Waals surface area contributed by atoms with Crippen molar-refractivity contribution in [2.45, 2.75) is 70.3 Å². The number of carbonyl (C=O) groups excluding carboxylic acids is 1. The molecule has 1 spiro atoms. The Morgan fingerprint density at radius 3 is 2.55 bits per heavy atom. The lowest BCUT2D eigenvalue weighted by Crippen LogP contribution is -2.35. The van der Waals surface area contributed by atoms with E-state index in [1.165, 1.54) is 28.4 Å². The highest BCUT2D eigenvalue weighted by atomic mass is 79.9. The highest BCUT2D eigenvalue weighted by Crippen LogP contribution is 2.50. The van der Waals surface area contributed by atoms with Gasteiger partial charge in [0, 0.05) is 4.47 Å². The minimum atomic E-state index is -0.377. The van der Waals surface area contributed by atoms with Gasteiger partial charge >= 0.3 is 5.97 Å². The Labute approximate surface area is 141 Å². The van der Waals surface area contributed by atoms with Crippen molar-refractivity contribution >= 4 is 21.9 Å². The average Bonchev–Trinajstić information content (AvgIpc) is 2.76. The van der Waals surface area contributed by atoms with Gasteiger partial charge in [0.15, 0.2) is 0 Å². The summed E-state index contributed by atoms with van der Waals surface area (Å²) in [5.74, 6) is 0.0840. The third-order valence-corrected chi connectivity index (χ3v) is 5.69. The lowest BCUT2D eigenvalue weighted by Gasteiger charge is -2.38. The molecule has 2 aliphatic rings. The van der Waals surface area contributed by atoms with Crippen LogP contribution in [0.25, 0.3) is 0 Å². The van der Waals surface area contributed by atoms with Gasteiger partial charge in [0.25, 0.3) is 0 Å². The fourth-order valence-corrected chi connectivity index (χ4v) is 4.51. The Balaban J connectivity index is 1.69. The molecule has 0 bridgehead atoms. The van der Waals surface area contributed by atoms with Crippen molar-refractivity contribution in [1.82, 2.24) is 0 Å². The van der Waals surface area contributed by atoms with Crippen LogP contribution in [-0.4, -0.2) is 11.6 Å². The van der Waals surface area contributed by atoms with E-state index in [-0.39, 0.29) is 17.5 Å². The Kier molecular flexibility index (Phi) is 4.13. The standard InChI is InChI=1S/C19H25BrO2/c1-18(2,3)22-17(21)13-6-9-19(10-7-13)11-8-14-12-15(20)4-5-16(14)19/h4-5,12-13H,6-11H2,1-3H3/t13-,19+. The average molecular weight is 365 g/mol. The second kappa shape index (κ2) is 5.67. The van der Waals surface area contributed by atoms with Gasteiger partial charge in [-0.05, 0) is 88.0 Å². The smallest absolute Gasteiger partial charge is 0.309 e. The molecule has 1 fully saturated rings. The van der Waals surface area contributed by atoms with Gasteiger partial charge in [-0.3, -0.25) is 4.79 Å². The molecule has 0 atom stereocenters. The molecule has 0 saturated heterocycles. The first-order valence-electron chi connectivity index (χ1n) is 8.31. The quantitative estimate of drug-likeness (QED) is 0.642. The molecule has 3 heteroatoms. The van der Waals surface area contributed by atoms with Crippen molar-refractivity contribution < 1.29 is 9.53 Å². The number of hydrogen-bond donors (Lipinski definition) is 0. The van der Waals surface area contributed by atoms with Gasteiger partial charge in [-0.25, -0.2) is 0 Å². The summed E-state index contributed by atoms with van der Waals surface area (Å²) in [6.45, 7) is 5.83. The van der Waals surface area contributed by atoms with E-state index >= 15 is 0 Å². The summed E-state index contributed by atoms with van der Waals surface area (Å²) in [6.07, 6.45) is 6.57. The van der Waals surface area contributed by atoms with Crippen molar-refractivity contribution in [2.24, 2.45) is 5.92 Å². The van der Waals surface area contributed by atoms with Crippen LogP contribution in [0.2, 0.25) is 0 Å². The highest BCUT2D eigenvalue weighted by molar-refractivity contribution is 9.10. The third kappa shape index (κ3) is 3.10. The SMILES string of the molecule is CC(C)(C)OC(=O)[C@H]1CC[C@]2(CCc3cc(Br)ccc32)CC1. The van der Waals surface area contributed by atoms with Crippen LogP contribution in [0, 0.1) is 5.92 Å². The van der Waals surface area contributed by atoms with Crippen LogP contribution in [0.1, 0.15) is 64.0 Å². The zero-order chi connectivity index (χ0) is 16.0. The normalized spacial score (nSPS) is 27.7. The summed E-state index contributed by atoms with van der Waals surface area (Å²) in [6, 6.07) is 6.72. The maximum absolute atomic E-state index is 12.3. The minimum Gasteiger partial charge on any atom is -0.460 e. The fourth-order valence-electron chi connectivity index (χ4n) is 4.11. The summed E-state index contributed by atoms with van der Waals surface area (Å²) in [7, 11) is 0. The maximum Gasteiger partial charge on any atom is 0.309 e. The third-order valence-electron chi connectivity index (χ3n) is 5.19. The van der Waals surface area contributed by atoms with Crippen molar-refractivity contribution in [3.05, 3.63) is 33.8 Å². The largest absolute Gasteiger partial charge is 0.460 e. The first-order chi connectivity index (χ1) is 10.3. The Hall–Kier alpha value is -0.830. The number of halogens is 1. The number of rotatable bonds is 1. The van der Waals surface area contributed by atoms with Gasteiger partial charge in [-0.15, -0.1) is 0 Å². The molecule has 0 aliphatic heterocycles. The zero-order valence-corrected chi connectivity index (χ0v) is 15.3. The van der Waals surface area contributed by atoms with Crippen LogP contribution >= 0.6 is 15.9 Å². The lowest BCUT2D eigenvalue weighted by molar-refractivity contribution is -0.161. The summed E-state index contributed by atoms with van der Waals surface area (Å²) < 4.78 is 6.74. The lowest BCUT2D eigenvalue weighted by atomic mass is 9.67. The minimum absolute atomic E-state index is 0.00336. The number of hydrogen-bond acceptors (Lipinski definition) is 2. The van der Waals surface area contributed by atoms with Gasteiger partial charge in [0.05, 0.1) is 5.92 Å². The molecular weight excluding hydrogens is 340 g/mol. The topological polar surface area (TPSA) is 26.3 Å². The predicted molar refractivity (Wildman–Crippen MR) is 91.9 cm³/mol. The molecule has 0 heterocycles. The molecule has 22 heavy (non-hydrogen) atoms. The predicted octanol–water partition coefficient (Wildman–Crippen LogP) is 5.17. The summed E-state index contributed by atoms with van der Waals surface area (Å²) in [5.41, 5.74) is 2.95. The van der Waals surface area contributed by atoms with Gasteiger partial charge in [0.1, 0.15) is 5.60 Å². The van der Waals surface area contributed by atoms with E-state index in [1.807, 2.05) is 20.8 Å². The summed E-state index contributed by atoms with van der Waals surface area (Å²) in [4.78, 5) is 12.3. The van der Waals surface area contributed by atoms with Crippen LogP contribution in [0.15, 0.2) is 22.7 Å². The van der Waals surface area contributed by atoms with Gasteiger partial charge < -0.3 is 4.74 Å². The van der Waals surface area contributed by atoms with E-state index in [2.05, 4.69) is 34.1 Å². The van der Waals surface area contributed by atoms with Crippen molar-refractivity contribution in [2.75, 3.05) is 0 Å². The van der Waals surface area contributed by atoms with Crippen LogP contribution in [0.3, 0.4) is 0 Å². The van der Waals surface area contributed by atoms with E-state index < -0.39 is 0 Å². The molecule has 0 aromatic heterocycles. The van der Waals surface area contributed by atoms with E-state index in [4.69, 9.17) is 4.74 Å². The molecule has 1 aromatic carbocycles. The van der Waals surface area contributed by atoms with Gasteiger partial charge in [0.2, 0.25) is 0 Å². The molecule has 0 amide bonds. The van der Waals surface area contributed by atoms with E-state index in [1.54, 1.807) is 0 Å². The Morgan fingerprint density at radius 2 is 1.91 bits per heavy atom. The van der Waals surface area contributed by atoms with Crippen molar-refractivity contribution in [3.63, 3.8) is 0 Å². The maximum atomic E-state index is 12.3. The molecule has 2 nitrogen and oxygen atoms in total. The van der Waals surface area contributed by atoms with Gasteiger partial charge in [-0.2, -0.15) is 0 Å². The fraction of sp³-hybridized carbons (Fsp3) is 0.632. The molecule has 1 saturated carbocycles. The van der Waals surface area contributed by atoms with E-state index in [0.29, 0.717) is 5.41 Å². The molecule has 0 N–H and O–H groups in total. The van der Waals surface area contributed by atoms with Crippen LogP contribution < -0.4 is 0 Å². The molecule has 2 aliphatic carbocycles. The second-order valence-corrected chi connectivity index (χ2v) is 8.81. The van der Waals surface area contributed by atoms with Crippen molar-refractivity contribution in [1.29, 1.82) is 0 Å². The van der Waals surface area contributed by atoms with Crippen molar-refractivity contribution in [3.8, 4) is 0 Å². The number of aryl methyl sites for hydroxylation is 1. The van der Waals surface area contributed by atoms with E-state index in [0.717, 1.165) is 25.7 Å². The first-order valence-corrected chi connectivity index (χ1v) is 9.10. The molecule has 0 radical (unpaired) electrons. The summed E-state index contributed by atoms with van der Waals surface area (Å²) in [5, 5.41) is 0. The first kappa shape index (κ1) is 16.0. The molecule has 3 rings (SSSR count). The molecule has 1 aromatic rings. The van der Waals surface area contributed by atoms with Crippen LogP contribution in [0.4, 0.5) is 0 Å². The number of esters is 1. The number of carbonyl (C=O) groups is 1. The number of fused-ring (bicyclic) bond motifs is 2. The number of ether oxygens (including phenoxy) is 1. The molecule has 0 unspecified atom stereocenters. The van der Waals surface area contributed by atoms with Crippen LogP contribution in [-0.2, 0) is 21.4 Å². The number of benzene rings is 1. The summed E-state index contributed by atoms with van der Waals surface area (Å²) >= 11 is 3.57. The highest BCUT2D eigenvalue weighted by Gasteiger charge is 2.43. The zero-order valence-electron chi connectivity index (χ0n) is 13.7. The second-order valence-electron chi connectivity index (χ2n) is 7.89. The Bertz CT molecular complexity index is 578. The van der Waals surface area contributed by atoms with Crippen LogP contribution in [0.5, 0.6) is 0 Å². The van der Waals surface area contributed by atoms with E-state index in [9.17, 15) is 4.79 Å². The Morgan fingerprint density at radius 1 is 1.23 bits per heavy atom. The molecular formula is C19H25BrO2.